The van der Waals surface area contributed by atoms with Crippen LogP contribution in [0, 0.1) is 0 Å². The molecule has 0 saturated heterocycles. The van der Waals surface area contributed by atoms with Crippen LogP contribution in [0.1, 0.15) is 61.9 Å². The molecule has 2 aliphatic carbocycles. The lowest BCUT2D eigenvalue weighted by Gasteiger charge is -2.13. The van der Waals surface area contributed by atoms with Gasteiger partial charge in [-0.1, -0.05) is 12.8 Å². The Hall–Kier alpha value is -1.16. The average Bonchev–Trinajstić information content (AvgIpc) is 3.11. The predicted octanol–water partition coefficient (Wildman–Crippen LogP) is 2.38. The Bertz CT molecular complexity index is 408. The smallest absolute Gasteiger partial charge is 0.131 e. The molecule has 0 unspecified atom stereocenters. The molecule has 0 aliphatic heterocycles. The van der Waals surface area contributed by atoms with Gasteiger partial charge in [0, 0.05) is 24.9 Å². The van der Waals surface area contributed by atoms with Crippen LogP contribution in [0.5, 0.6) is 0 Å². The van der Waals surface area contributed by atoms with Crippen molar-refractivity contribution in [3.63, 3.8) is 0 Å². The fourth-order valence-electron chi connectivity index (χ4n) is 2.80. The lowest BCUT2D eigenvalue weighted by atomic mass is 10.1. The highest BCUT2D eigenvalue weighted by molar-refractivity contribution is 5.49. The first kappa shape index (κ1) is 11.9. The van der Waals surface area contributed by atoms with Gasteiger partial charge in [0.05, 0.1) is 17.6 Å². The first-order chi connectivity index (χ1) is 8.88. The predicted molar refractivity (Wildman–Crippen MR) is 72.8 cm³/mol. The number of hydrogen-bond donors (Lipinski definition) is 2. The number of nitrogens with zero attached hydrogens (tertiary/aromatic N) is 2. The molecule has 1 aromatic heterocycles. The third kappa shape index (κ3) is 2.48. The normalized spacial score (nSPS) is 20.3. The van der Waals surface area contributed by atoms with E-state index in [1.54, 1.807) is 0 Å². The SMILES string of the molecule is NCCNc1cnc(C2CCCC2)nc1C1CC1. The molecule has 0 atom stereocenters. The topological polar surface area (TPSA) is 63.8 Å². The summed E-state index contributed by atoms with van der Waals surface area (Å²) in [6.07, 6.45) is 9.72. The minimum Gasteiger partial charge on any atom is -0.381 e. The zero-order valence-electron chi connectivity index (χ0n) is 10.9. The summed E-state index contributed by atoms with van der Waals surface area (Å²) in [4.78, 5) is 9.43. The Morgan fingerprint density at radius 2 is 1.94 bits per heavy atom. The third-order valence-electron chi connectivity index (χ3n) is 3.98. The van der Waals surface area contributed by atoms with Crippen molar-refractivity contribution in [1.82, 2.24) is 9.97 Å². The summed E-state index contributed by atoms with van der Waals surface area (Å²) in [5.41, 5.74) is 7.88. The summed E-state index contributed by atoms with van der Waals surface area (Å²) < 4.78 is 0. The van der Waals surface area contributed by atoms with E-state index in [0.29, 0.717) is 18.4 Å². The average molecular weight is 246 g/mol. The minimum atomic E-state index is 0.603. The van der Waals surface area contributed by atoms with E-state index in [9.17, 15) is 0 Å². The van der Waals surface area contributed by atoms with E-state index in [1.807, 2.05) is 6.20 Å². The second kappa shape index (κ2) is 5.22. The largest absolute Gasteiger partial charge is 0.381 e. The molecule has 3 rings (SSSR count). The van der Waals surface area contributed by atoms with E-state index >= 15 is 0 Å². The Labute approximate surface area is 108 Å². The van der Waals surface area contributed by atoms with Crippen molar-refractivity contribution in [2.24, 2.45) is 5.73 Å². The van der Waals surface area contributed by atoms with Gasteiger partial charge in [-0.05, 0) is 25.7 Å². The lowest BCUT2D eigenvalue weighted by molar-refractivity contribution is 0.660. The van der Waals surface area contributed by atoms with Crippen LogP contribution >= 0.6 is 0 Å². The molecule has 4 heteroatoms. The molecule has 2 aliphatic rings. The molecule has 1 heterocycles. The van der Waals surface area contributed by atoms with Crippen molar-refractivity contribution in [1.29, 1.82) is 0 Å². The van der Waals surface area contributed by atoms with Crippen molar-refractivity contribution in [2.75, 3.05) is 18.4 Å². The minimum absolute atomic E-state index is 0.603. The van der Waals surface area contributed by atoms with E-state index in [4.69, 9.17) is 10.7 Å². The lowest BCUT2D eigenvalue weighted by Crippen LogP contribution is -2.15. The highest BCUT2D eigenvalue weighted by atomic mass is 15.0. The maximum absolute atomic E-state index is 5.54. The van der Waals surface area contributed by atoms with Crippen molar-refractivity contribution < 1.29 is 0 Å². The van der Waals surface area contributed by atoms with Gasteiger partial charge in [0.1, 0.15) is 5.82 Å². The molecule has 2 fully saturated rings. The molecule has 18 heavy (non-hydrogen) atoms. The van der Waals surface area contributed by atoms with Gasteiger partial charge >= 0.3 is 0 Å². The van der Waals surface area contributed by atoms with Crippen molar-refractivity contribution in [3.05, 3.63) is 17.7 Å². The van der Waals surface area contributed by atoms with Gasteiger partial charge in [0.25, 0.3) is 0 Å². The molecule has 4 nitrogen and oxygen atoms in total. The van der Waals surface area contributed by atoms with Gasteiger partial charge in [0.15, 0.2) is 0 Å². The Balaban J connectivity index is 1.82. The molecule has 3 N–H and O–H groups in total. The van der Waals surface area contributed by atoms with Gasteiger partial charge in [0.2, 0.25) is 0 Å². The molecule has 0 bridgehead atoms. The van der Waals surface area contributed by atoms with E-state index in [-0.39, 0.29) is 0 Å². The number of nitrogens with one attached hydrogen (secondary N) is 1. The van der Waals surface area contributed by atoms with Gasteiger partial charge < -0.3 is 11.1 Å². The van der Waals surface area contributed by atoms with Crippen LogP contribution in [0.15, 0.2) is 6.20 Å². The molecule has 0 amide bonds. The maximum Gasteiger partial charge on any atom is 0.131 e. The van der Waals surface area contributed by atoms with Gasteiger partial charge in [-0.25, -0.2) is 9.97 Å². The zero-order valence-corrected chi connectivity index (χ0v) is 10.9. The molecular weight excluding hydrogens is 224 g/mol. The summed E-state index contributed by atoms with van der Waals surface area (Å²) in [6, 6.07) is 0. The third-order valence-corrected chi connectivity index (χ3v) is 3.98. The number of hydrogen-bond acceptors (Lipinski definition) is 4. The van der Waals surface area contributed by atoms with Crippen LogP contribution in [0.3, 0.4) is 0 Å². The quantitative estimate of drug-likeness (QED) is 0.837. The molecule has 2 saturated carbocycles. The highest BCUT2D eigenvalue weighted by Crippen LogP contribution is 2.43. The summed E-state index contributed by atoms with van der Waals surface area (Å²) in [5, 5.41) is 3.35. The van der Waals surface area contributed by atoms with Crippen LogP contribution in [0.2, 0.25) is 0 Å². The molecule has 0 aromatic carbocycles. The maximum atomic E-state index is 5.54. The Morgan fingerprint density at radius 1 is 1.17 bits per heavy atom. The zero-order chi connectivity index (χ0) is 12.4. The molecule has 0 radical (unpaired) electrons. The number of rotatable bonds is 5. The summed E-state index contributed by atoms with van der Waals surface area (Å²) in [6.45, 7) is 1.44. The van der Waals surface area contributed by atoms with Crippen molar-refractivity contribution in [2.45, 2.75) is 50.4 Å². The van der Waals surface area contributed by atoms with Gasteiger partial charge in [-0.2, -0.15) is 0 Å². The van der Waals surface area contributed by atoms with E-state index in [2.05, 4.69) is 10.3 Å². The monoisotopic (exact) mass is 246 g/mol. The van der Waals surface area contributed by atoms with Crippen LogP contribution in [-0.4, -0.2) is 23.1 Å². The van der Waals surface area contributed by atoms with E-state index in [1.165, 1.54) is 44.2 Å². The summed E-state index contributed by atoms with van der Waals surface area (Å²) in [7, 11) is 0. The number of nitrogens with two attached hydrogens (primary N) is 1. The molecule has 1 aromatic rings. The van der Waals surface area contributed by atoms with Crippen LogP contribution < -0.4 is 11.1 Å². The second-order valence-electron chi connectivity index (χ2n) is 5.50. The second-order valence-corrected chi connectivity index (χ2v) is 5.50. The summed E-state index contributed by atoms with van der Waals surface area (Å²) >= 11 is 0. The fraction of sp³-hybridized carbons (Fsp3) is 0.714. The molecule has 98 valence electrons. The van der Waals surface area contributed by atoms with E-state index < -0.39 is 0 Å². The van der Waals surface area contributed by atoms with Crippen molar-refractivity contribution in [3.8, 4) is 0 Å². The van der Waals surface area contributed by atoms with Gasteiger partial charge in [-0.3, -0.25) is 0 Å². The van der Waals surface area contributed by atoms with E-state index in [0.717, 1.165) is 18.1 Å². The number of anilines is 1. The summed E-state index contributed by atoms with van der Waals surface area (Å²) in [5.74, 6) is 2.34. The number of aromatic nitrogens is 2. The Morgan fingerprint density at radius 3 is 2.61 bits per heavy atom. The van der Waals surface area contributed by atoms with Crippen molar-refractivity contribution >= 4 is 5.69 Å². The fourth-order valence-corrected chi connectivity index (χ4v) is 2.80. The van der Waals surface area contributed by atoms with Crippen LogP contribution in [-0.2, 0) is 0 Å². The van der Waals surface area contributed by atoms with Gasteiger partial charge in [-0.15, -0.1) is 0 Å². The molecular formula is C14H22N4. The Kier molecular flexibility index (Phi) is 3.46. The van der Waals surface area contributed by atoms with Crippen LogP contribution in [0.25, 0.3) is 0 Å². The highest BCUT2D eigenvalue weighted by Gasteiger charge is 2.29. The molecule has 0 spiro atoms. The standard InChI is InChI=1S/C14H22N4/c15-7-8-16-12-9-17-14(11-3-1-2-4-11)18-13(12)10-5-6-10/h9-11,16H,1-8,15H2. The van der Waals surface area contributed by atoms with Crippen LogP contribution in [0.4, 0.5) is 5.69 Å². The first-order valence-corrected chi connectivity index (χ1v) is 7.19. The first-order valence-electron chi connectivity index (χ1n) is 7.19.